The maximum absolute atomic E-state index is 14.1. The highest BCUT2D eigenvalue weighted by Gasteiger charge is 2.35. The molecule has 4 rings (SSSR count). The topological polar surface area (TPSA) is 74.5 Å². The molecule has 0 amide bonds. The third kappa shape index (κ3) is 4.75. The van der Waals surface area contributed by atoms with Crippen molar-refractivity contribution >= 4 is 12.3 Å². The Hall–Kier alpha value is -2.48. The molecule has 2 aliphatic rings. The van der Waals surface area contributed by atoms with Crippen LogP contribution >= 0.6 is 0 Å². The standard InChI is InChI=1S/C20H28FN5.CH2O2/c1-14-18(15(2)24(3)23-14)13-25-11-16-6-9-26(10-7-17(16)12-25)20-19(21)5-4-8-22-20;2-1-3/h4-5,8,16-17H,6-7,9-13H2,1-3H3;1H,(H,2,3)/t16-,17+;. The van der Waals surface area contributed by atoms with Crippen LogP contribution in [0.1, 0.15) is 29.8 Å². The van der Waals surface area contributed by atoms with Crippen LogP contribution in [0.5, 0.6) is 0 Å². The second-order valence-corrected chi connectivity index (χ2v) is 7.97. The Bertz CT molecular complexity index is 824. The molecule has 2 aliphatic heterocycles. The summed E-state index contributed by atoms with van der Waals surface area (Å²) in [4.78, 5) is 17.3. The zero-order valence-corrected chi connectivity index (χ0v) is 17.4. The highest BCUT2D eigenvalue weighted by Crippen LogP contribution is 2.34. The fourth-order valence-electron chi connectivity index (χ4n) is 4.67. The Balaban J connectivity index is 0.000000755. The lowest BCUT2D eigenvalue weighted by atomic mass is 9.92. The number of fused-ring (bicyclic) bond motifs is 1. The molecular formula is C21H30FN5O2. The molecule has 0 radical (unpaired) electrons. The lowest BCUT2D eigenvalue weighted by molar-refractivity contribution is -0.122. The zero-order valence-electron chi connectivity index (χ0n) is 17.4. The maximum atomic E-state index is 14.1. The smallest absolute Gasteiger partial charge is 0.290 e. The van der Waals surface area contributed by atoms with Gasteiger partial charge in [-0.2, -0.15) is 5.10 Å². The number of aryl methyl sites for hydroxylation is 2. The highest BCUT2D eigenvalue weighted by atomic mass is 19.1. The minimum Gasteiger partial charge on any atom is -0.483 e. The van der Waals surface area contributed by atoms with E-state index in [0.29, 0.717) is 17.7 Å². The van der Waals surface area contributed by atoms with Gasteiger partial charge in [-0.25, -0.2) is 9.37 Å². The van der Waals surface area contributed by atoms with Crippen LogP contribution in [0.25, 0.3) is 0 Å². The first kappa shape index (κ1) is 21.2. The molecule has 0 spiro atoms. The number of pyridine rings is 1. The largest absolute Gasteiger partial charge is 0.483 e. The van der Waals surface area contributed by atoms with Gasteiger partial charge in [-0.3, -0.25) is 14.4 Å². The molecule has 29 heavy (non-hydrogen) atoms. The average molecular weight is 404 g/mol. The van der Waals surface area contributed by atoms with E-state index in [-0.39, 0.29) is 12.3 Å². The number of nitrogens with zero attached hydrogens (tertiary/aromatic N) is 5. The van der Waals surface area contributed by atoms with Crippen molar-refractivity contribution in [2.24, 2.45) is 18.9 Å². The fourth-order valence-corrected chi connectivity index (χ4v) is 4.67. The van der Waals surface area contributed by atoms with Gasteiger partial charge >= 0.3 is 0 Å². The maximum Gasteiger partial charge on any atom is 0.290 e. The van der Waals surface area contributed by atoms with Crippen molar-refractivity contribution in [1.29, 1.82) is 0 Å². The van der Waals surface area contributed by atoms with Gasteiger partial charge in [0.25, 0.3) is 6.47 Å². The fraction of sp³-hybridized carbons (Fsp3) is 0.571. The molecule has 0 aromatic carbocycles. The van der Waals surface area contributed by atoms with E-state index >= 15 is 0 Å². The van der Waals surface area contributed by atoms with E-state index < -0.39 is 0 Å². The summed E-state index contributed by atoms with van der Waals surface area (Å²) < 4.78 is 16.0. The summed E-state index contributed by atoms with van der Waals surface area (Å²) in [5, 5.41) is 11.4. The minimum absolute atomic E-state index is 0.205. The van der Waals surface area contributed by atoms with E-state index in [9.17, 15) is 4.39 Å². The Kier molecular flexibility index (Phi) is 6.84. The molecule has 0 bridgehead atoms. The minimum atomic E-state index is -0.250. The Morgan fingerprint density at radius 2 is 1.86 bits per heavy atom. The first-order chi connectivity index (χ1) is 13.9. The molecule has 0 unspecified atom stereocenters. The summed E-state index contributed by atoms with van der Waals surface area (Å²) in [5.74, 6) is 1.71. The van der Waals surface area contributed by atoms with Gasteiger partial charge in [0, 0.05) is 57.2 Å². The number of anilines is 1. The van der Waals surface area contributed by atoms with E-state index in [0.717, 1.165) is 51.3 Å². The van der Waals surface area contributed by atoms with Gasteiger partial charge in [0.15, 0.2) is 11.6 Å². The van der Waals surface area contributed by atoms with Crippen molar-refractivity contribution in [3.05, 3.63) is 41.1 Å². The van der Waals surface area contributed by atoms with Crippen LogP contribution in [0, 0.1) is 31.5 Å². The third-order valence-electron chi connectivity index (χ3n) is 6.27. The summed E-state index contributed by atoms with van der Waals surface area (Å²) in [5.41, 5.74) is 3.79. The van der Waals surface area contributed by atoms with Crippen molar-refractivity contribution in [2.45, 2.75) is 33.2 Å². The molecular weight excluding hydrogens is 373 g/mol. The monoisotopic (exact) mass is 403 g/mol. The number of hydrogen-bond acceptors (Lipinski definition) is 5. The molecule has 0 saturated carbocycles. The number of aromatic nitrogens is 3. The molecule has 4 heterocycles. The van der Waals surface area contributed by atoms with E-state index in [1.54, 1.807) is 12.3 Å². The molecule has 2 fully saturated rings. The number of carbonyl (C=O) groups is 1. The lowest BCUT2D eigenvalue weighted by Gasteiger charge is -2.23. The molecule has 158 valence electrons. The number of rotatable bonds is 3. The predicted molar refractivity (Wildman–Crippen MR) is 109 cm³/mol. The van der Waals surface area contributed by atoms with Gasteiger partial charge in [0.2, 0.25) is 0 Å². The summed E-state index contributed by atoms with van der Waals surface area (Å²) in [6.07, 6.45) is 3.91. The SMILES string of the molecule is Cc1nn(C)c(C)c1CN1C[C@H]2CCN(c3ncccc3F)CC[C@H]2C1.O=CO. The normalized spacial score (nSPS) is 21.9. The number of halogens is 1. The summed E-state index contributed by atoms with van der Waals surface area (Å²) in [6, 6.07) is 3.17. The van der Waals surface area contributed by atoms with E-state index in [4.69, 9.17) is 9.90 Å². The average Bonchev–Trinajstić information content (AvgIpc) is 3.11. The van der Waals surface area contributed by atoms with Crippen LogP contribution in [-0.2, 0) is 18.4 Å². The van der Waals surface area contributed by atoms with Crippen LogP contribution in [0.15, 0.2) is 18.3 Å². The highest BCUT2D eigenvalue weighted by molar-refractivity contribution is 5.39. The van der Waals surface area contributed by atoms with Crippen LogP contribution in [0.3, 0.4) is 0 Å². The Morgan fingerprint density at radius 3 is 2.38 bits per heavy atom. The van der Waals surface area contributed by atoms with Crippen molar-refractivity contribution in [3.8, 4) is 0 Å². The van der Waals surface area contributed by atoms with Crippen molar-refractivity contribution in [1.82, 2.24) is 19.7 Å². The van der Waals surface area contributed by atoms with E-state index in [1.807, 2.05) is 11.7 Å². The van der Waals surface area contributed by atoms with Gasteiger partial charge in [0.05, 0.1) is 5.69 Å². The van der Waals surface area contributed by atoms with Crippen LogP contribution in [-0.4, -0.2) is 57.4 Å². The molecule has 2 aromatic heterocycles. The summed E-state index contributed by atoms with van der Waals surface area (Å²) in [6.45, 7) is 9.07. The van der Waals surface area contributed by atoms with Gasteiger partial charge in [0.1, 0.15) is 0 Å². The van der Waals surface area contributed by atoms with Crippen LogP contribution in [0.2, 0.25) is 0 Å². The first-order valence-electron chi connectivity index (χ1n) is 10.1. The summed E-state index contributed by atoms with van der Waals surface area (Å²) in [7, 11) is 2.02. The second-order valence-electron chi connectivity index (χ2n) is 7.97. The molecule has 2 aromatic rings. The third-order valence-corrected chi connectivity index (χ3v) is 6.27. The number of carboxylic acid groups (broad SMARTS) is 1. The molecule has 2 saturated heterocycles. The van der Waals surface area contributed by atoms with Crippen LogP contribution in [0.4, 0.5) is 10.2 Å². The van der Waals surface area contributed by atoms with Gasteiger partial charge < -0.3 is 10.0 Å². The van der Waals surface area contributed by atoms with Crippen LogP contribution < -0.4 is 4.90 Å². The first-order valence-corrected chi connectivity index (χ1v) is 10.1. The van der Waals surface area contributed by atoms with Crippen molar-refractivity contribution < 1.29 is 14.3 Å². The Morgan fingerprint density at radius 1 is 1.24 bits per heavy atom. The number of likely N-dealkylation sites (tertiary alicyclic amines) is 1. The van der Waals surface area contributed by atoms with Gasteiger partial charge in [-0.05, 0) is 50.7 Å². The summed E-state index contributed by atoms with van der Waals surface area (Å²) >= 11 is 0. The zero-order chi connectivity index (χ0) is 21.0. The van der Waals surface area contributed by atoms with E-state index in [2.05, 4.69) is 33.7 Å². The molecule has 1 N–H and O–H groups in total. The van der Waals surface area contributed by atoms with E-state index in [1.165, 1.54) is 17.3 Å². The van der Waals surface area contributed by atoms with Gasteiger partial charge in [-0.1, -0.05) is 0 Å². The van der Waals surface area contributed by atoms with Crippen molar-refractivity contribution in [3.63, 3.8) is 0 Å². The molecule has 2 atom stereocenters. The Labute approximate surface area is 171 Å². The molecule has 8 heteroatoms. The van der Waals surface area contributed by atoms with Crippen molar-refractivity contribution in [2.75, 3.05) is 31.1 Å². The predicted octanol–water partition coefficient (Wildman–Crippen LogP) is 2.62. The quantitative estimate of drug-likeness (QED) is 0.794. The molecule has 0 aliphatic carbocycles. The molecule has 7 nitrogen and oxygen atoms in total. The van der Waals surface area contributed by atoms with Gasteiger partial charge in [-0.15, -0.1) is 0 Å². The number of hydrogen-bond donors (Lipinski definition) is 1. The lowest BCUT2D eigenvalue weighted by Crippen LogP contribution is -2.28. The second kappa shape index (κ2) is 9.35.